The zero-order valence-corrected chi connectivity index (χ0v) is 34.0. The van der Waals surface area contributed by atoms with Crippen molar-refractivity contribution in [3.8, 4) is 34.3 Å². The lowest BCUT2D eigenvalue weighted by atomic mass is 9.97. The minimum Gasteiger partial charge on any atom is -0.307 e. The van der Waals surface area contributed by atoms with E-state index in [9.17, 15) is 5.26 Å². The lowest BCUT2D eigenvalue weighted by Crippen LogP contribution is -1.98. The van der Waals surface area contributed by atoms with Crippen LogP contribution in [0, 0.1) is 11.3 Å². The zero-order chi connectivity index (χ0) is 40.1. The number of nitriles is 1. The number of nitrogens with zero attached hydrogens (tertiary/aromatic N) is 4. The Kier molecular flexibility index (Phi) is 7.67. The molecule has 0 radical (unpaired) electrons. The highest BCUT2D eigenvalue weighted by Crippen LogP contribution is 2.50. The van der Waals surface area contributed by atoms with E-state index >= 15 is 0 Å². The molecular weight excluding hydrogens is 769 g/mol. The number of benzene rings is 8. The molecular formula is C54H32N4S2. The van der Waals surface area contributed by atoms with Crippen LogP contribution in [0.2, 0.25) is 0 Å². The number of hydrogen-bond donors (Lipinski definition) is 0. The fraction of sp³-hybridized carbons (Fsp3) is 0.0185. The molecule has 0 aliphatic heterocycles. The van der Waals surface area contributed by atoms with E-state index in [0.717, 1.165) is 49.0 Å². The van der Waals surface area contributed by atoms with E-state index in [4.69, 9.17) is 9.97 Å². The Morgan fingerprint density at radius 3 is 2.03 bits per heavy atom. The standard InChI is InChI=1S/C54H32N4S2/c1-3-12-44-37(4-2)49-54(59-44)57-48(47(56-49)34-23-21-31(30-55)22-24-34)35-15-11-16-36(29-35)58-50-38-17-7-5-13-32(38)25-27-42(50)45-40-19-9-10-20-41(40)46-43-28-26-33-14-6-8-18-39(33)52(43)60-53(46)51(45)58/h3-29H,2H2,1H3/b12-3-. The molecule has 0 aliphatic carbocycles. The first-order valence-corrected chi connectivity index (χ1v) is 21.6. The van der Waals surface area contributed by atoms with Crippen LogP contribution in [0.1, 0.15) is 22.9 Å². The SMILES string of the molecule is C=Cc1c(/C=C\C)sc2nc(-c3cccc(-n4c5c6ccccc6ccc5c5c6ccccc6c6c7ccc8ccccc8c7sc6c54)c3)c(-c3ccc(C#N)cc3)nc12. The van der Waals surface area contributed by atoms with Gasteiger partial charge in [-0.1, -0.05) is 140 Å². The quantitative estimate of drug-likeness (QED) is 0.174. The van der Waals surface area contributed by atoms with Crippen LogP contribution >= 0.6 is 22.7 Å². The van der Waals surface area contributed by atoms with E-state index in [1.54, 1.807) is 11.3 Å². The lowest BCUT2D eigenvalue weighted by Gasteiger charge is -2.14. The molecule has 8 aromatic carbocycles. The Morgan fingerprint density at radius 1 is 0.600 bits per heavy atom. The maximum Gasteiger partial charge on any atom is 0.143 e. The second-order valence-electron chi connectivity index (χ2n) is 15.2. The van der Waals surface area contributed by atoms with Crippen LogP contribution in [0.3, 0.4) is 0 Å². The summed E-state index contributed by atoms with van der Waals surface area (Å²) in [7, 11) is 0. The van der Waals surface area contributed by atoms with Crippen molar-refractivity contribution in [2.75, 3.05) is 0 Å². The summed E-state index contributed by atoms with van der Waals surface area (Å²) in [5.41, 5.74) is 9.21. The van der Waals surface area contributed by atoms with E-state index in [2.05, 4.69) is 145 Å². The Morgan fingerprint density at radius 2 is 1.28 bits per heavy atom. The molecule has 0 unspecified atom stereocenters. The van der Waals surface area contributed by atoms with Crippen LogP contribution in [0.15, 0.2) is 158 Å². The molecule has 4 heterocycles. The molecule has 4 aromatic heterocycles. The molecule has 0 fully saturated rings. The summed E-state index contributed by atoms with van der Waals surface area (Å²) in [5, 5.41) is 22.1. The predicted molar refractivity (Wildman–Crippen MR) is 258 cm³/mol. The van der Waals surface area contributed by atoms with Crippen molar-refractivity contribution in [2.24, 2.45) is 0 Å². The summed E-state index contributed by atoms with van der Waals surface area (Å²) < 4.78 is 5.09. The third kappa shape index (κ3) is 4.94. The van der Waals surface area contributed by atoms with Crippen molar-refractivity contribution >= 4 is 119 Å². The normalized spacial score (nSPS) is 12.1. The fourth-order valence-electron chi connectivity index (χ4n) is 9.29. The van der Waals surface area contributed by atoms with Gasteiger partial charge in [-0.15, -0.1) is 22.7 Å². The zero-order valence-electron chi connectivity index (χ0n) is 32.4. The van der Waals surface area contributed by atoms with Gasteiger partial charge in [0.05, 0.1) is 38.8 Å². The molecule has 0 saturated carbocycles. The molecule has 0 atom stereocenters. The first kappa shape index (κ1) is 34.6. The van der Waals surface area contributed by atoms with E-state index in [1.165, 1.54) is 74.3 Å². The molecule has 0 spiro atoms. The summed E-state index contributed by atoms with van der Waals surface area (Å²) >= 11 is 3.53. The van der Waals surface area contributed by atoms with Crippen molar-refractivity contribution in [3.63, 3.8) is 0 Å². The molecule has 0 N–H and O–H groups in total. The average Bonchev–Trinajstić information content (AvgIpc) is 3.98. The van der Waals surface area contributed by atoms with E-state index in [0.29, 0.717) is 5.56 Å². The van der Waals surface area contributed by atoms with Gasteiger partial charge in [0, 0.05) is 58.9 Å². The topological polar surface area (TPSA) is 54.5 Å². The predicted octanol–water partition coefficient (Wildman–Crippen LogP) is 15.5. The van der Waals surface area contributed by atoms with Gasteiger partial charge in [-0.3, -0.25) is 0 Å². The minimum absolute atomic E-state index is 0.598. The van der Waals surface area contributed by atoms with Gasteiger partial charge in [0.15, 0.2) is 0 Å². The Balaban J connectivity index is 1.22. The van der Waals surface area contributed by atoms with Gasteiger partial charge in [-0.25, -0.2) is 9.97 Å². The number of rotatable bonds is 5. The van der Waals surface area contributed by atoms with Gasteiger partial charge >= 0.3 is 0 Å². The monoisotopic (exact) mass is 800 g/mol. The first-order valence-electron chi connectivity index (χ1n) is 19.9. The molecule has 12 aromatic rings. The van der Waals surface area contributed by atoms with Crippen LogP contribution < -0.4 is 0 Å². The van der Waals surface area contributed by atoms with E-state index in [-0.39, 0.29) is 0 Å². The number of allylic oxidation sites excluding steroid dienone is 1. The summed E-state index contributed by atoms with van der Waals surface area (Å²) in [6.07, 6.45) is 6.01. The van der Waals surface area contributed by atoms with Crippen LogP contribution in [-0.2, 0) is 0 Å². The van der Waals surface area contributed by atoms with E-state index < -0.39 is 0 Å². The van der Waals surface area contributed by atoms with Crippen LogP contribution in [-0.4, -0.2) is 14.5 Å². The second-order valence-corrected chi connectivity index (χ2v) is 17.2. The van der Waals surface area contributed by atoms with Gasteiger partial charge in [0.1, 0.15) is 10.3 Å². The Hall–Kier alpha value is -7.43. The fourth-order valence-corrected chi connectivity index (χ4v) is 11.8. The molecule has 0 amide bonds. The highest BCUT2D eigenvalue weighted by molar-refractivity contribution is 7.27. The van der Waals surface area contributed by atoms with Crippen molar-refractivity contribution in [1.82, 2.24) is 14.5 Å². The van der Waals surface area contributed by atoms with Crippen LogP contribution in [0.25, 0.3) is 125 Å². The molecule has 0 saturated heterocycles. The van der Waals surface area contributed by atoms with Crippen molar-refractivity contribution in [1.29, 1.82) is 5.26 Å². The molecule has 280 valence electrons. The third-order valence-electron chi connectivity index (χ3n) is 11.9. The minimum atomic E-state index is 0.598. The number of hydrogen-bond acceptors (Lipinski definition) is 5. The maximum absolute atomic E-state index is 9.65. The highest BCUT2D eigenvalue weighted by atomic mass is 32.1. The van der Waals surface area contributed by atoms with Gasteiger partial charge < -0.3 is 4.57 Å². The number of thiophene rings is 2. The molecule has 0 bridgehead atoms. The molecule has 4 nitrogen and oxygen atoms in total. The Bertz CT molecular complexity index is 3870. The van der Waals surface area contributed by atoms with Gasteiger partial charge in [0.25, 0.3) is 0 Å². The summed E-state index contributed by atoms with van der Waals surface area (Å²) in [4.78, 5) is 12.7. The average molecular weight is 801 g/mol. The van der Waals surface area contributed by atoms with Crippen molar-refractivity contribution < 1.29 is 0 Å². The third-order valence-corrected chi connectivity index (χ3v) is 14.2. The lowest BCUT2D eigenvalue weighted by molar-refractivity contribution is 1.19. The maximum atomic E-state index is 9.65. The van der Waals surface area contributed by atoms with Gasteiger partial charge in [0.2, 0.25) is 0 Å². The number of fused-ring (bicyclic) bond motifs is 15. The smallest absolute Gasteiger partial charge is 0.143 e. The molecule has 12 rings (SSSR count). The number of aromatic nitrogens is 3. The largest absolute Gasteiger partial charge is 0.307 e. The van der Waals surface area contributed by atoms with Crippen LogP contribution in [0.4, 0.5) is 0 Å². The Labute approximate surface area is 352 Å². The highest BCUT2D eigenvalue weighted by Gasteiger charge is 2.25. The first-order chi connectivity index (χ1) is 29.6. The van der Waals surface area contributed by atoms with Gasteiger partial charge in [-0.05, 0) is 64.2 Å². The molecule has 0 aliphatic rings. The summed E-state index contributed by atoms with van der Waals surface area (Å²) in [5.74, 6) is 0. The summed E-state index contributed by atoms with van der Waals surface area (Å²) in [6.45, 7) is 6.17. The molecule has 6 heteroatoms. The van der Waals surface area contributed by atoms with Crippen LogP contribution in [0.5, 0.6) is 0 Å². The van der Waals surface area contributed by atoms with Crippen molar-refractivity contribution in [3.05, 3.63) is 174 Å². The summed E-state index contributed by atoms with van der Waals surface area (Å²) in [6, 6.07) is 54.3. The molecule has 60 heavy (non-hydrogen) atoms. The van der Waals surface area contributed by atoms with Gasteiger partial charge in [-0.2, -0.15) is 5.26 Å². The second kappa shape index (κ2) is 13.3. The van der Waals surface area contributed by atoms with E-state index in [1.807, 2.05) is 54.7 Å². The van der Waals surface area contributed by atoms with Crippen molar-refractivity contribution in [2.45, 2.75) is 6.92 Å².